The standard InChI is InChI=1S/C10H19NO3S/c1-10(2)7-11-9(14-10)8-4-3-5-15(12,13)6-8/h8-9,11H,3-7H2,1-2H3. The summed E-state index contributed by atoms with van der Waals surface area (Å²) in [6, 6.07) is 0. The molecule has 0 radical (unpaired) electrons. The lowest BCUT2D eigenvalue weighted by atomic mass is 10.0. The zero-order chi connectivity index (χ0) is 11.1. The monoisotopic (exact) mass is 233 g/mol. The van der Waals surface area contributed by atoms with Crippen LogP contribution < -0.4 is 5.32 Å². The molecular formula is C10H19NO3S. The lowest BCUT2D eigenvalue weighted by Gasteiger charge is -2.28. The average Bonchev–Trinajstić information content (AvgIpc) is 2.44. The minimum absolute atomic E-state index is 0.0740. The largest absolute Gasteiger partial charge is 0.356 e. The van der Waals surface area contributed by atoms with Crippen LogP contribution in [0.2, 0.25) is 0 Å². The summed E-state index contributed by atoms with van der Waals surface area (Å²) < 4.78 is 28.8. The first-order chi connectivity index (χ1) is 6.88. The highest BCUT2D eigenvalue weighted by Gasteiger charge is 2.39. The molecule has 88 valence electrons. The molecule has 0 aromatic carbocycles. The van der Waals surface area contributed by atoms with Gasteiger partial charge in [0.15, 0.2) is 9.84 Å². The molecule has 1 N–H and O–H groups in total. The Balaban J connectivity index is 2.00. The first kappa shape index (κ1) is 11.4. The molecule has 0 spiro atoms. The second kappa shape index (κ2) is 3.71. The van der Waals surface area contributed by atoms with Gasteiger partial charge in [-0.3, -0.25) is 5.32 Å². The second-order valence-electron chi connectivity index (χ2n) is 5.20. The van der Waals surface area contributed by atoms with Crippen LogP contribution in [0.3, 0.4) is 0 Å². The number of rotatable bonds is 1. The first-order valence-electron chi connectivity index (χ1n) is 5.50. The Morgan fingerprint density at radius 2 is 2.13 bits per heavy atom. The molecule has 2 aliphatic heterocycles. The highest BCUT2D eigenvalue weighted by atomic mass is 32.2. The van der Waals surface area contributed by atoms with Gasteiger partial charge in [0.2, 0.25) is 0 Å². The third-order valence-electron chi connectivity index (χ3n) is 3.10. The second-order valence-corrected chi connectivity index (χ2v) is 7.42. The summed E-state index contributed by atoms with van der Waals surface area (Å²) in [7, 11) is -2.83. The topological polar surface area (TPSA) is 55.4 Å². The Labute approximate surface area is 91.3 Å². The number of nitrogens with one attached hydrogen (secondary N) is 1. The highest BCUT2D eigenvalue weighted by molar-refractivity contribution is 7.91. The molecule has 2 rings (SSSR count). The van der Waals surface area contributed by atoms with Gasteiger partial charge in [0.05, 0.1) is 17.1 Å². The minimum atomic E-state index is -2.83. The van der Waals surface area contributed by atoms with E-state index in [9.17, 15) is 8.42 Å². The Morgan fingerprint density at radius 1 is 1.40 bits per heavy atom. The predicted octanol–water partition coefficient (Wildman–Crippen LogP) is 0.536. The van der Waals surface area contributed by atoms with Crippen molar-refractivity contribution in [1.82, 2.24) is 5.32 Å². The SMILES string of the molecule is CC1(C)CNC(C2CCCS(=O)(=O)C2)O1. The molecule has 2 fully saturated rings. The lowest BCUT2D eigenvalue weighted by molar-refractivity contribution is -0.0398. The minimum Gasteiger partial charge on any atom is -0.356 e. The maximum absolute atomic E-state index is 11.5. The molecule has 5 heteroatoms. The van der Waals surface area contributed by atoms with Gasteiger partial charge in [0.25, 0.3) is 0 Å². The van der Waals surface area contributed by atoms with E-state index in [0.717, 1.165) is 19.4 Å². The van der Waals surface area contributed by atoms with Crippen LogP contribution in [0.4, 0.5) is 0 Å². The molecule has 2 saturated heterocycles. The summed E-state index contributed by atoms with van der Waals surface area (Å²) in [5.74, 6) is 0.755. The fourth-order valence-electron chi connectivity index (χ4n) is 2.33. The first-order valence-corrected chi connectivity index (χ1v) is 7.32. The van der Waals surface area contributed by atoms with Crippen LogP contribution in [0.25, 0.3) is 0 Å². The number of hydrogen-bond acceptors (Lipinski definition) is 4. The van der Waals surface area contributed by atoms with Crippen LogP contribution in [-0.4, -0.2) is 38.3 Å². The van der Waals surface area contributed by atoms with Crippen LogP contribution in [0.5, 0.6) is 0 Å². The van der Waals surface area contributed by atoms with E-state index in [1.165, 1.54) is 0 Å². The van der Waals surface area contributed by atoms with Crippen molar-refractivity contribution in [3.8, 4) is 0 Å². The van der Waals surface area contributed by atoms with Crippen molar-refractivity contribution in [3.05, 3.63) is 0 Å². The Bertz CT molecular complexity index is 337. The van der Waals surface area contributed by atoms with Crippen molar-refractivity contribution in [2.75, 3.05) is 18.1 Å². The normalized spacial score (nSPS) is 39.1. The van der Waals surface area contributed by atoms with Crippen LogP contribution >= 0.6 is 0 Å². The van der Waals surface area contributed by atoms with Gasteiger partial charge in [-0.1, -0.05) is 0 Å². The molecule has 0 aliphatic carbocycles. The van der Waals surface area contributed by atoms with Crippen molar-refractivity contribution in [2.24, 2.45) is 5.92 Å². The summed E-state index contributed by atoms with van der Waals surface area (Å²) in [4.78, 5) is 0. The Hall–Kier alpha value is -0.130. The van der Waals surface area contributed by atoms with E-state index in [1.54, 1.807) is 0 Å². The summed E-state index contributed by atoms with van der Waals surface area (Å²) in [6.07, 6.45) is 1.65. The van der Waals surface area contributed by atoms with Gasteiger partial charge in [-0.15, -0.1) is 0 Å². The Kier molecular flexibility index (Phi) is 2.81. The molecule has 0 saturated carbocycles. The molecule has 0 aromatic rings. The molecule has 0 aromatic heterocycles. The van der Waals surface area contributed by atoms with Crippen LogP contribution in [-0.2, 0) is 14.6 Å². The van der Waals surface area contributed by atoms with E-state index < -0.39 is 9.84 Å². The summed E-state index contributed by atoms with van der Waals surface area (Å²) in [6.45, 7) is 4.85. The zero-order valence-corrected chi connectivity index (χ0v) is 10.1. The fraction of sp³-hybridized carbons (Fsp3) is 1.00. The third kappa shape index (κ3) is 2.71. The maximum Gasteiger partial charge on any atom is 0.150 e. The summed E-state index contributed by atoms with van der Waals surface area (Å²) >= 11 is 0. The van der Waals surface area contributed by atoms with Gasteiger partial charge < -0.3 is 4.74 Å². The van der Waals surface area contributed by atoms with Crippen molar-refractivity contribution < 1.29 is 13.2 Å². The zero-order valence-electron chi connectivity index (χ0n) is 9.32. The summed E-state index contributed by atoms with van der Waals surface area (Å²) in [5.41, 5.74) is -0.161. The van der Waals surface area contributed by atoms with E-state index in [0.29, 0.717) is 5.75 Å². The van der Waals surface area contributed by atoms with E-state index >= 15 is 0 Å². The fourth-order valence-corrected chi connectivity index (χ4v) is 4.10. The quantitative estimate of drug-likeness (QED) is 0.718. The average molecular weight is 233 g/mol. The number of hydrogen-bond donors (Lipinski definition) is 1. The van der Waals surface area contributed by atoms with Crippen molar-refractivity contribution in [2.45, 2.75) is 38.5 Å². The van der Waals surface area contributed by atoms with Gasteiger partial charge >= 0.3 is 0 Å². The van der Waals surface area contributed by atoms with Gasteiger partial charge in [-0.05, 0) is 26.7 Å². The van der Waals surface area contributed by atoms with Gasteiger partial charge in [0.1, 0.15) is 6.23 Å². The molecule has 15 heavy (non-hydrogen) atoms. The summed E-state index contributed by atoms with van der Waals surface area (Å²) in [5, 5.41) is 3.27. The Morgan fingerprint density at radius 3 is 2.67 bits per heavy atom. The van der Waals surface area contributed by atoms with Crippen LogP contribution in [0.1, 0.15) is 26.7 Å². The lowest BCUT2D eigenvalue weighted by Crippen LogP contribution is -2.39. The molecule has 0 amide bonds. The number of sulfone groups is 1. The van der Waals surface area contributed by atoms with Crippen molar-refractivity contribution >= 4 is 9.84 Å². The highest BCUT2D eigenvalue weighted by Crippen LogP contribution is 2.28. The molecule has 2 aliphatic rings. The van der Waals surface area contributed by atoms with Crippen molar-refractivity contribution in [3.63, 3.8) is 0 Å². The van der Waals surface area contributed by atoms with Crippen LogP contribution in [0.15, 0.2) is 0 Å². The van der Waals surface area contributed by atoms with Gasteiger partial charge in [-0.25, -0.2) is 8.42 Å². The van der Waals surface area contributed by atoms with Gasteiger partial charge in [0, 0.05) is 12.5 Å². The van der Waals surface area contributed by atoms with Gasteiger partial charge in [-0.2, -0.15) is 0 Å². The molecule has 2 heterocycles. The maximum atomic E-state index is 11.5. The van der Waals surface area contributed by atoms with E-state index in [4.69, 9.17) is 4.74 Å². The smallest absolute Gasteiger partial charge is 0.150 e. The molecule has 2 unspecified atom stereocenters. The molecule has 2 atom stereocenters. The number of ether oxygens (including phenoxy) is 1. The van der Waals surface area contributed by atoms with E-state index in [1.807, 2.05) is 13.8 Å². The van der Waals surface area contributed by atoms with E-state index in [-0.39, 0.29) is 23.5 Å². The van der Waals surface area contributed by atoms with Crippen molar-refractivity contribution in [1.29, 1.82) is 0 Å². The molecular weight excluding hydrogens is 214 g/mol. The predicted molar refractivity (Wildman–Crippen MR) is 58.3 cm³/mol. The molecule has 4 nitrogen and oxygen atoms in total. The van der Waals surface area contributed by atoms with E-state index in [2.05, 4.69) is 5.32 Å². The third-order valence-corrected chi connectivity index (χ3v) is 4.95. The molecule has 0 bridgehead atoms. The van der Waals surface area contributed by atoms with Crippen LogP contribution in [0, 0.1) is 5.92 Å².